The van der Waals surface area contributed by atoms with Gasteiger partial charge in [0.05, 0.1) is 22.1 Å². The lowest BCUT2D eigenvalue weighted by molar-refractivity contribution is 1.18. The zero-order chi connectivity index (χ0) is 46.1. The van der Waals surface area contributed by atoms with Gasteiger partial charge in [-0.25, -0.2) is 0 Å². The fourth-order valence-corrected chi connectivity index (χ4v) is 11.5. The molecule has 0 aliphatic heterocycles. The molecule has 326 valence electrons. The molecule has 0 radical (unpaired) electrons. The standard InChI is InChI=1S/C68H44N2/c1-5-20-45(21-6-1)53-32-19-33-54(46-22-7-2-8-23-46)67(53)68-59-34-17-30-51(47-38-40-57-55-28-13-15-36-63(55)69(65(57)42-47)49-24-9-3-10-25-49)61(59)44-62-52(31-18-35-60(62)68)48-39-41-58-56-29-14-16-37-64(56)70(66(58)43-48)50-26-11-4-12-27-50/h1-44H. The number of nitrogens with zero attached hydrogens (tertiary/aromatic N) is 2. The molecule has 70 heavy (non-hydrogen) atoms. The highest BCUT2D eigenvalue weighted by Gasteiger charge is 2.23. The van der Waals surface area contributed by atoms with Crippen LogP contribution in [-0.4, -0.2) is 9.13 Å². The van der Waals surface area contributed by atoms with Crippen molar-refractivity contribution in [2.45, 2.75) is 0 Å². The fourth-order valence-electron chi connectivity index (χ4n) is 11.5. The highest BCUT2D eigenvalue weighted by molar-refractivity contribution is 6.22. The molecule has 0 saturated heterocycles. The van der Waals surface area contributed by atoms with E-state index in [1.807, 2.05) is 0 Å². The quantitative estimate of drug-likeness (QED) is 0.141. The van der Waals surface area contributed by atoms with E-state index in [0.717, 1.165) is 11.4 Å². The van der Waals surface area contributed by atoms with Gasteiger partial charge in [-0.05, 0) is 132 Å². The van der Waals surface area contributed by atoms with Gasteiger partial charge in [-0.3, -0.25) is 0 Å². The molecular weight excluding hydrogens is 845 g/mol. The minimum atomic E-state index is 1.15. The van der Waals surface area contributed by atoms with Crippen LogP contribution in [0.1, 0.15) is 0 Å². The van der Waals surface area contributed by atoms with Gasteiger partial charge in [-0.2, -0.15) is 0 Å². The van der Waals surface area contributed by atoms with Gasteiger partial charge < -0.3 is 9.13 Å². The maximum atomic E-state index is 2.49. The Balaban J connectivity index is 1.11. The number of fused-ring (bicyclic) bond motifs is 8. The van der Waals surface area contributed by atoms with Crippen LogP contribution in [0.2, 0.25) is 0 Å². The molecule has 0 fully saturated rings. The van der Waals surface area contributed by atoms with Crippen molar-refractivity contribution >= 4 is 65.2 Å². The molecule has 0 unspecified atom stereocenters. The summed E-state index contributed by atoms with van der Waals surface area (Å²) in [5.74, 6) is 0. The van der Waals surface area contributed by atoms with Gasteiger partial charge >= 0.3 is 0 Å². The first-order valence-electron chi connectivity index (χ1n) is 24.2. The zero-order valence-corrected chi connectivity index (χ0v) is 38.3. The van der Waals surface area contributed by atoms with Gasteiger partial charge in [0, 0.05) is 32.9 Å². The number of rotatable bonds is 7. The van der Waals surface area contributed by atoms with E-state index < -0.39 is 0 Å². The van der Waals surface area contributed by atoms with Crippen LogP contribution in [0.4, 0.5) is 0 Å². The third-order valence-corrected chi connectivity index (χ3v) is 14.5. The second kappa shape index (κ2) is 16.2. The highest BCUT2D eigenvalue weighted by atomic mass is 15.0. The van der Waals surface area contributed by atoms with Crippen LogP contribution in [0.15, 0.2) is 267 Å². The van der Waals surface area contributed by atoms with E-state index in [1.54, 1.807) is 0 Å². The Morgan fingerprint density at radius 1 is 0.186 bits per heavy atom. The van der Waals surface area contributed by atoms with Crippen LogP contribution in [0, 0.1) is 0 Å². The van der Waals surface area contributed by atoms with Gasteiger partial charge in [-0.15, -0.1) is 0 Å². The van der Waals surface area contributed by atoms with E-state index in [-0.39, 0.29) is 0 Å². The molecular formula is C68H44N2. The summed E-state index contributed by atoms with van der Waals surface area (Å²) in [6.45, 7) is 0. The summed E-state index contributed by atoms with van der Waals surface area (Å²) in [4.78, 5) is 0. The smallest absolute Gasteiger partial charge is 0.0547 e. The Bertz CT molecular complexity index is 4040. The van der Waals surface area contributed by atoms with Crippen LogP contribution >= 0.6 is 0 Å². The normalized spacial score (nSPS) is 11.7. The van der Waals surface area contributed by atoms with E-state index in [1.165, 1.54) is 121 Å². The number of aromatic nitrogens is 2. The molecule has 12 aromatic carbocycles. The van der Waals surface area contributed by atoms with Crippen LogP contribution < -0.4 is 0 Å². The summed E-state index contributed by atoms with van der Waals surface area (Å²) in [5.41, 5.74) is 19.0. The van der Waals surface area contributed by atoms with Gasteiger partial charge in [0.15, 0.2) is 0 Å². The number of benzene rings is 12. The van der Waals surface area contributed by atoms with Crippen molar-refractivity contribution in [1.29, 1.82) is 0 Å². The molecule has 14 aromatic rings. The molecule has 0 amide bonds. The zero-order valence-electron chi connectivity index (χ0n) is 38.3. The molecule has 2 nitrogen and oxygen atoms in total. The summed E-state index contributed by atoms with van der Waals surface area (Å²) in [7, 11) is 0. The molecule has 0 aliphatic rings. The Hall–Kier alpha value is -9.24. The second-order valence-electron chi connectivity index (χ2n) is 18.4. The minimum absolute atomic E-state index is 1.15. The largest absolute Gasteiger partial charge is 0.309 e. The van der Waals surface area contributed by atoms with Crippen LogP contribution in [0.5, 0.6) is 0 Å². The Kier molecular flexibility index (Phi) is 9.25. The lowest BCUT2D eigenvalue weighted by Crippen LogP contribution is -1.96. The predicted molar refractivity (Wildman–Crippen MR) is 297 cm³/mol. The first-order chi connectivity index (χ1) is 34.8. The highest BCUT2D eigenvalue weighted by Crippen LogP contribution is 2.50. The average molecular weight is 889 g/mol. The van der Waals surface area contributed by atoms with Crippen molar-refractivity contribution in [1.82, 2.24) is 9.13 Å². The summed E-state index contributed by atoms with van der Waals surface area (Å²) >= 11 is 0. The van der Waals surface area contributed by atoms with Gasteiger partial charge in [0.2, 0.25) is 0 Å². The van der Waals surface area contributed by atoms with Crippen LogP contribution in [0.25, 0.3) is 132 Å². The fraction of sp³-hybridized carbons (Fsp3) is 0. The SMILES string of the molecule is c1ccc(-c2cccc(-c3ccccc3)c2-c2c3cccc(-c4ccc5c6ccccc6n(-c6ccccc6)c5c4)c3cc3c(-c4ccc5c6ccccc6n(-c6ccccc6)c5c4)cccc23)cc1. The van der Waals surface area contributed by atoms with Crippen LogP contribution in [0.3, 0.4) is 0 Å². The number of hydrogen-bond acceptors (Lipinski definition) is 0. The molecule has 14 rings (SSSR count). The molecule has 2 aromatic heterocycles. The molecule has 0 saturated carbocycles. The molecule has 0 atom stereocenters. The van der Waals surface area contributed by atoms with Crippen molar-refractivity contribution in [3.63, 3.8) is 0 Å². The molecule has 0 aliphatic carbocycles. The lowest BCUT2D eigenvalue weighted by atomic mass is 9.81. The molecule has 2 heterocycles. The third-order valence-electron chi connectivity index (χ3n) is 14.5. The molecule has 2 heteroatoms. The van der Waals surface area contributed by atoms with Crippen molar-refractivity contribution in [3.8, 4) is 67.0 Å². The van der Waals surface area contributed by atoms with Crippen molar-refractivity contribution < 1.29 is 0 Å². The van der Waals surface area contributed by atoms with Gasteiger partial charge in [0.1, 0.15) is 0 Å². The topological polar surface area (TPSA) is 9.86 Å². The second-order valence-corrected chi connectivity index (χ2v) is 18.4. The minimum Gasteiger partial charge on any atom is -0.309 e. The predicted octanol–water partition coefficient (Wildman–Crippen LogP) is 18.5. The summed E-state index contributed by atoms with van der Waals surface area (Å²) in [5, 5.41) is 9.82. The molecule has 0 N–H and O–H groups in total. The van der Waals surface area contributed by atoms with Gasteiger partial charge in [-0.1, -0.05) is 212 Å². The van der Waals surface area contributed by atoms with Crippen molar-refractivity contribution in [2.75, 3.05) is 0 Å². The van der Waals surface area contributed by atoms with E-state index in [4.69, 9.17) is 0 Å². The third kappa shape index (κ3) is 6.27. The maximum Gasteiger partial charge on any atom is 0.0547 e. The van der Waals surface area contributed by atoms with E-state index in [0.29, 0.717) is 0 Å². The van der Waals surface area contributed by atoms with Gasteiger partial charge in [0.25, 0.3) is 0 Å². The number of para-hydroxylation sites is 4. The van der Waals surface area contributed by atoms with E-state index in [2.05, 4.69) is 276 Å². The summed E-state index contributed by atoms with van der Waals surface area (Å²) in [6, 6.07) is 98.3. The Labute approximate surface area is 406 Å². The monoisotopic (exact) mass is 888 g/mol. The van der Waals surface area contributed by atoms with E-state index >= 15 is 0 Å². The van der Waals surface area contributed by atoms with Crippen LogP contribution in [-0.2, 0) is 0 Å². The van der Waals surface area contributed by atoms with E-state index in [9.17, 15) is 0 Å². The molecule has 0 bridgehead atoms. The maximum absolute atomic E-state index is 2.49. The number of hydrogen-bond donors (Lipinski definition) is 0. The summed E-state index contributed by atoms with van der Waals surface area (Å²) < 4.78 is 4.84. The first-order valence-corrected chi connectivity index (χ1v) is 24.2. The lowest BCUT2D eigenvalue weighted by Gasteiger charge is -2.22. The first kappa shape index (κ1) is 39.9. The Morgan fingerprint density at radius 3 is 1.00 bits per heavy atom. The van der Waals surface area contributed by atoms with Crippen molar-refractivity contribution in [3.05, 3.63) is 267 Å². The Morgan fingerprint density at radius 2 is 0.543 bits per heavy atom. The molecule has 0 spiro atoms. The summed E-state index contributed by atoms with van der Waals surface area (Å²) in [6.07, 6.45) is 0. The van der Waals surface area contributed by atoms with Crippen molar-refractivity contribution in [2.24, 2.45) is 0 Å². The average Bonchev–Trinajstić information content (AvgIpc) is 3.95.